The minimum absolute atomic E-state index is 0.00418. The molecule has 170 valence electrons. The van der Waals surface area contributed by atoms with Gasteiger partial charge in [-0.1, -0.05) is 24.6 Å². The molecular weight excluding hydrogens is 408 g/mol. The van der Waals surface area contributed by atoms with Crippen molar-refractivity contribution in [3.8, 4) is 11.5 Å². The maximum Gasteiger partial charge on any atom is 0.254 e. The summed E-state index contributed by atoms with van der Waals surface area (Å²) in [5.41, 5.74) is 2.34. The average Bonchev–Trinajstić information content (AvgIpc) is 3.30. The van der Waals surface area contributed by atoms with Crippen LogP contribution in [-0.2, 0) is 4.74 Å². The topological polar surface area (TPSA) is 68.3 Å². The van der Waals surface area contributed by atoms with E-state index in [1.165, 1.54) is 0 Å². The van der Waals surface area contributed by atoms with Crippen LogP contribution in [0, 0.1) is 6.92 Å². The predicted octanol–water partition coefficient (Wildman–Crippen LogP) is 3.51. The van der Waals surface area contributed by atoms with Gasteiger partial charge in [0.15, 0.2) is 11.5 Å². The summed E-state index contributed by atoms with van der Waals surface area (Å²) in [6.07, 6.45) is 0.569. The zero-order valence-electron chi connectivity index (χ0n) is 18.9. The molecule has 2 amide bonds. The molecule has 0 spiro atoms. The Morgan fingerprint density at radius 1 is 1.09 bits per heavy atom. The summed E-state index contributed by atoms with van der Waals surface area (Å²) in [4.78, 5) is 30.0. The minimum atomic E-state index is -0.245. The van der Waals surface area contributed by atoms with Crippen molar-refractivity contribution in [3.63, 3.8) is 0 Å². The number of benzene rings is 2. The number of hydrogen-bond acceptors (Lipinski definition) is 5. The first-order valence-electron chi connectivity index (χ1n) is 11.1. The molecule has 0 N–H and O–H groups in total. The number of aryl methyl sites for hydroxylation is 1. The van der Waals surface area contributed by atoms with Crippen LogP contribution >= 0.6 is 0 Å². The number of fused-ring (bicyclic) bond motifs is 1. The highest BCUT2D eigenvalue weighted by molar-refractivity contribution is 5.95. The van der Waals surface area contributed by atoms with E-state index in [-0.39, 0.29) is 30.8 Å². The SMILES string of the molecule is CCC(C)N(CC1CN(C(=O)c2ccc(C)cc2)CCO1)C(=O)c1ccc2c(c1)OCO2. The van der Waals surface area contributed by atoms with E-state index in [1.54, 1.807) is 18.2 Å². The van der Waals surface area contributed by atoms with Gasteiger partial charge in [0.25, 0.3) is 11.8 Å². The summed E-state index contributed by atoms with van der Waals surface area (Å²) in [5, 5.41) is 0. The Kier molecular flexibility index (Phi) is 6.65. The highest BCUT2D eigenvalue weighted by Crippen LogP contribution is 2.33. The van der Waals surface area contributed by atoms with Crippen LogP contribution in [0.4, 0.5) is 0 Å². The van der Waals surface area contributed by atoms with Crippen LogP contribution in [0.5, 0.6) is 11.5 Å². The fourth-order valence-electron chi connectivity index (χ4n) is 3.99. The fourth-order valence-corrected chi connectivity index (χ4v) is 3.99. The Balaban J connectivity index is 1.47. The zero-order valence-corrected chi connectivity index (χ0v) is 18.9. The molecule has 2 aliphatic heterocycles. The first-order chi connectivity index (χ1) is 15.5. The van der Waals surface area contributed by atoms with Crippen molar-refractivity contribution >= 4 is 11.8 Å². The summed E-state index contributed by atoms with van der Waals surface area (Å²) >= 11 is 0. The van der Waals surface area contributed by atoms with Crippen molar-refractivity contribution in [1.82, 2.24) is 9.80 Å². The molecule has 1 fully saturated rings. The van der Waals surface area contributed by atoms with Gasteiger partial charge in [0.2, 0.25) is 6.79 Å². The van der Waals surface area contributed by atoms with E-state index >= 15 is 0 Å². The quantitative estimate of drug-likeness (QED) is 0.691. The molecule has 2 atom stereocenters. The minimum Gasteiger partial charge on any atom is -0.454 e. The summed E-state index contributed by atoms with van der Waals surface area (Å²) in [7, 11) is 0. The van der Waals surface area contributed by atoms with E-state index in [9.17, 15) is 9.59 Å². The van der Waals surface area contributed by atoms with Crippen LogP contribution in [0.1, 0.15) is 46.5 Å². The van der Waals surface area contributed by atoms with Gasteiger partial charge in [-0.2, -0.15) is 0 Å². The number of ether oxygens (including phenoxy) is 3. The lowest BCUT2D eigenvalue weighted by molar-refractivity contribution is -0.0367. The first-order valence-corrected chi connectivity index (χ1v) is 11.1. The molecular formula is C25H30N2O5. The molecule has 1 saturated heterocycles. The molecule has 0 radical (unpaired) electrons. The molecule has 0 aromatic heterocycles. The van der Waals surface area contributed by atoms with Crippen molar-refractivity contribution in [2.45, 2.75) is 39.3 Å². The number of amides is 2. The van der Waals surface area contributed by atoms with Gasteiger partial charge in [0.05, 0.1) is 12.7 Å². The number of morpholine rings is 1. The highest BCUT2D eigenvalue weighted by Gasteiger charge is 2.30. The van der Waals surface area contributed by atoms with Gasteiger partial charge >= 0.3 is 0 Å². The average molecular weight is 439 g/mol. The van der Waals surface area contributed by atoms with Gasteiger partial charge in [-0.3, -0.25) is 9.59 Å². The third-order valence-corrected chi connectivity index (χ3v) is 6.13. The summed E-state index contributed by atoms with van der Waals surface area (Å²) in [6.45, 7) is 8.12. The van der Waals surface area contributed by atoms with Crippen molar-refractivity contribution in [2.24, 2.45) is 0 Å². The van der Waals surface area contributed by atoms with E-state index in [0.29, 0.717) is 48.9 Å². The standard InChI is InChI=1S/C25H30N2O5/c1-4-18(3)27(25(29)20-9-10-22-23(13-20)32-16-31-22)15-21-14-26(11-12-30-21)24(28)19-7-5-17(2)6-8-19/h5-10,13,18,21H,4,11-12,14-16H2,1-3H3. The van der Waals surface area contributed by atoms with Crippen LogP contribution < -0.4 is 9.47 Å². The summed E-state index contributed by atoms with van der Waals surface area (Å²) < 4.78 is 16.8. The number of carbonyl (C=O) groups excluding carboxylic acids is 2. The predicted molar refractivity (Wildman–Crippen MR) is 120 cm³/mol. The monoisotopic (exact) mass is 438 g/mol. The van der Waals surface area contributed by atoms with Gasteiger partial charge in [0.1, 0.15) is 0 Å². The molecule has 2 unspecified atom stereocenters. The van der Waals surface area contributed by atoms with Gasteiger partial charge in [0, 0.05) is 36.8 Å². The second kappa shape index (κ2) is 9.61. The van der Waals surface area contributed by atoms with Crippen LogP contribution in [0.3, 0.4) is 0 Å². The van der Waals surface area contributed by atoms with Crippen molar-refractivity contribution in [2.75, 3.05) is 33.0 Å². The maximum atomic E-state index is 13.4. The number of hydrogen-bond donors (Lipinski definition) is 0. The molecule has 7 nitrogen and oxygen atoms in total. The lowest BCUT2D eigenvalue weighted by atomic mass is 10.1. The third kappa shape index (κ3) is 4.72. The Morgan fingerprint density at radius 3 is 2.56 bits per heavy atom. The molecule has 7 heteroatoms. The zero-order chi connectivity index (χ0) is 22.7. The Bertz CT molecular complexity index is 975. The number of rotatable bonds is 6. The molecule has 2 aromatic carbocycles. The van der Waals surface area contributed by atoms with Crippen LogP contribution in [0.15, 0.2) is 42.5 Å². The largest absolute Gasteiger partial charge is 0.454 e. The molecule has 0 aliphatic carbocycles. The van der Waals surface area contributed by atoms with Crippen molar-refractivity contribution in [3.05, 3.63) is 59.2 Å². The molecule has 4 rings (SSSR count). The smallest absolute Gasteiger partial charge is 0.254 e. The van der Waals surface area contributed by atoms with Crippen molar-refractivity contribution in [1.29, 1.82) is 0 Å². The van der Waals surface area contributed by atoms with Gasteiger partial charge in [-0.25, -0.2) is 0 Å². The van der Waals surface area contributed by atoms with E-state index < -0.39 is 0 Å². The van der Waals surface area contributed by atoms with E-state index in [4.69, 9.17) is 14.2 Å². The molecule has 0 saturated carbocycles. The summed E-state index contributed by atoms with van der Waals surface area (Å²) in [5.74, 6) is 1.15. The Hall–Kier alpha value is -3.06. The van der Waals surface area contributed by atoms with E-state index in [2.05, 4.69) is 6.92 Å². The molecule has 2 heterocycles. The molecule has 2 aliphatic rings. The highest BCUT2D eigenvalue weighted by atomic mass is 16.7. The van der Waals surface area contributed by atoms with Crippen LogP contribution in [0.25, 0.3) is 0 Å². The lowest BCUT2D eigenvalue weighted by Gasteiger charge is -2.37. The van der Waals surface area contributed by atoms with E-state index in [1.807, 2.05) is 47.9 Å². The molecule has 2 aromatic rings. The summed E-state index contributed by atoms with van der Waals surface area (Å²) in [6, 6.07) is 12.9. The first kappa shape index (κ1) is 22.1. The fraction of sp³-hybridized carbons (Fsp3) is 0.440. The second-order valence-electron chi connectivity index (χ2n) is 8.39. The Morgan fingerprint density at radius 2 is 1.81 bits per heavy atom. The number of carbonyl (C=O) groups is 2. The van der Waals surface area contributed by atoms with Crippen molar-refractivity contribution < 1.29 is 23.8 Å². The third-order valence-electron chi connectivity index (χ3n) is 6.13. The molecule has 0 bridgehead atoms. The molecule has 32 heavy (non-hydrogen) atoms. The maximum absolute atomic E-state index is 13.4. The van der Waals surface area contributed by atoms with Gasteiger partial charge in [-0.05, 0) is 50.6 Å². The Labute approximate surface area is 188 Å². The van der Waals surface area contributed by atoms with Crippen LogP contribution in [0.2, 0.25) is 0 Å². The number of nitrogens with zero attached hydrogens (tertiary/aromatic N) is 2. The lowest BCUT2D eigenvalue weighted by Crippen LogP contribution is -2.52. The van der Waals surface area contributed by atoms with Gasteiger partial charge in [-0.15, -0.1) is 0 Å². The normalized spacial score (nSPS) is 18.3. The van der Waals surface area contributed by atoms with Gasteiger partial charge < -0.3 is 24.0 Å². The van der Waals surface area contributed by atoms with E-state index in [0.717, 1.165) is 12.0 Å². The van der Waals surface area contributed by atoms with Crippen LogP contribution in [-0.4, -0.2) is 66.8 Å². The second-order valence-corrected chi connectivity index (χ2v) is 8.39.